The lowest BCUT2D eigenvalue weighted by Crippen LogP contribution is -2.46. The van der Waals surface area contributed by atoms with E-state index in [2.05, 4.69) is 39.0 Å². The SMILES string of the molecule is O=C(CCCN1CCN(Cc2ccccc2)CC1)c1ccc2c(c1)N(Cc1cccc(F)c1)C(=O)c1cccnc1O2. The van der Waals surface area contributed by atoms with Crippen LogP contribution in [0.1, 0.15) is 44.7 Å². The number of pyridine rings is 1. The number of ether oxygens (including phenoxy) is 1. The second kappa shape index (κ2) is 12.6. The number of carbonyl (C=O) groups excluding carboxylic acids is 2. The Morgan fingerprint density at radius 3 is 2.43 bits per heavy atom. The highest BCUT2D eigenvalue weighted by Crippen LogP contribution is 2.39. The van der Waals surface area contributed by atoms with Gasteiger partial charge in [-0.2, -0.15) is 0 Å². The van der Waals surface area contributed by atoms with Crippen molar-refractivity contribution < 1.29 is 18.7 Å². The van der Waals surface area contributed by atoms with E-state index < -0.39 is 0 Å². The van der Waals surface area contributed by atoms with E-state index in [4.69, 9.17) is 4.74 Å². The molecule has 3 heterocycles. The van der Waals surface area contributed by atoms with E-state index >= 15 is 0 Å². The Hall–Kier alpha value is -4.40. The van der Waals surface area contributed by atoms with Gasteiger partial charge in [-0.05, 0) is 66.6 Å². The van der Waals surface area contributed by atoms with E-state index in [-0.39, 0.29) is 29.9 Å². The summed E-state index contributed by atoms with van der Waals surface area (Å²) in [5.41, 5.74) is 3.24. The van der Waals surface area contributed by atoms with Gasteiger partial charge in [0.15, 0.2) is 11.5 Å². The van der Waals surface area contributed by atoms with E-state index in [1.807, 2.05) is 6.07 Å². The van der Waals surface area contributed by atoms with E-state index in [1.165, 1.54) is 22.6 Å². The zero-order valence-electron chi connectivity index (χ0n) is 23.4. The zero-order valence-corrected chi connectivity index (χ0v) is 23.4. The molecule has 0 saturated carbocycles. The molecule has 1 saturated heterocycles. The van der Waals surface area contributed by atoms with Crippen LogP contribution < -0.4 is 9.64 Å². The molecule has 4 aromatic rings. The number of fused-ring (bicyclic) bond motifs is 2. The fourth-order valence-corrected chi connectivity index (χ4v) is 5.58. The average molecular weight is 565 g/mol. The number of anilines is 1. The highest BCUT2D eigenvalue weighted by molar-refractivity contribution is 6.10. The lowest BCUT2D eigenvalue weighted by Gasteiger charge is -2.34. The van der Waals surface area contributed by atoms with Gasteiger partial charge in [0.1, 0.15) is 11.4 Å². The van der Waals surface area contributed by atoms with Gasteiger partial charge in [0.2, 0.25) is 5.88 Å². The maximum Gasteiger partial charge on any atom is 0.264 e. The first-order valence-corrected chi connectivity index (χ1v) is 14.4. The molecular formula is C34H33FN4O3. The molecule has 1 fully saturated rings. The molecule has 0 atom stereocenters. The number of halogens is 1. The van der Waals surface area contributed by atoms with Gasteiger partial charge in [0.25, 0.3) is 5.91 Å². The topological polar surface area (TPSA) is 66.0 Å². The van der Waals surface area contributed by atoms with Crippen LogP contribution in [0.5, 0.6) is 11.6 Å². The molecule has 2 aliphatic rings. The number of benzene rings is 3. The predicted octanol–water partition coefficient (Wildman–Crippen LogP) is 5.95. The third kappa shape index (κ3) is 6.40. The van der Waals surface area contributed by atoms with Crippen LogP contribution in [-0.4, -0.2) is 59.2 Å². The molecular weight excluding hydrogens is 531 g/mol. The quantitative estimate of drug-likeness (QED) is 0.234. The number of aromatic nitrogens is 1. The normalized spacial score (nSPS) is 15.5. The summed E-state index contributed by atoms with van der Waals surface area (Å²) in [6, 6.07) is 25.2. The number of ketones is 1. The highest BCUT2D eigenvalue weighted by atomic mass is 19.1. The van der Waals surface area contributed by atoms with Gasteiger partial charge in [-0.15, -0.1) is 0 Å². The molecule has 0 N–H and O–H groups in total. The summed E-state index contributed by atoms with van der Waals surface area (Å²) in [4.78, 5) is 37.6. The summed E-state index contributed by atoms with van der Waals surface area (Å²) in [7, 11) is 0. The van der Waals surface area contributed by atoms with Crippen LogP contribution >= 0.6 is 0 Å². The Kier molecular flexibility index (Phi) is 8.35. The maximum absolute atomic E-state index is 14.0. The third-order valence-corrected chi connectivity index (χ3v) is 7.85. The smallest absolute Gasteiger partial charge is 0.264 e. The molecule has 214 valence electrons. The Morgan fingerprint density at radius 2 is 1.62 bits per heavy atom. The summed E-state index contributed by atoms with van der Waals surface area (Å²) in [6.45, 7) is 5.96. The average Bonchev–Trinajstić information content (AvgIpc) is 3.12. The molecule has 6 rings (SSSR count). The number of carbonyl (C=O) groups is 2. The van der Waals surface area contributed by atoms with Crippen molar-refractivity contribution in [2.24, 2.45) is 0 Å². The first-order chi connectivity index (χ1) is 20.5. The fourth-order valence-electron chi connectivity index (χ4n) is 5.58. The molecule has 8 heteroatoms. The molecule has 7 nitrogen and oxygen atoms in total. The number of nitrogens with zero attached hydrogens (tertiary/aromatic N) is 4. The first kappa shape index (κ1) is 27.8. The summed E-state index contributed by atoms with van der Waals surface area (Å²) in [5, 5.41) is 0. The van der Waals surface area contributed by atoms with Crippen LogP contribution in [0.4, 0.5) is 10.1 Å². The van der Waals surface area contributed by atoms with E-state index in [0.717, 1.165) is 45.7 Å². The summed E-state index contributed by atoms with van der Waals surface area (Å²) in [6.07, 6.45) is 2.73. The van der Waals surface area contributed by atoms with Crippen LogP contribution in [0, 0.1) is 5.82 Å². The number of Topliss-reactive ketones (excluding diaryl/α,β-unsaturated/α-hetero) is 1. The Bertz CT molecular complexity index is 1570. The lowest BCUT2D eigenvalue weighted by molar-refractivity contribution is 0.0955. The summed E-state index contributed by atoms with van der Waals surface area (Å²) >= 11 is 0. The lowest BCUT2D eigenvalue weighted by atomic mass is 10.0. The van der Waals surface area contributed by atoms with Crippen LogP contribution in [0.25, 0.3) is 0 Å². The second-order valence-corrected chi connectivity index (χ2v) is 10.8. The van der Waals surface area contributed by atoms with Crippen LogP contribution in [0.15, 0.2) is 91.1 Å². The fraction of sp³-hybridized carbons (Fsp3) is 0.265. The molecule has 1 amide bonds. The minimum Gasteiger partial charge on any atom is -0.436 e. The predicted molar refractivity (Wildman–Crippen MR) is 159 cm³/mol. The van der Waals surface area contributed by atoms with Gasteiger partial charge >= 0.3 is 0 Å². The van der Waals surface area contributed by atoms with Gasteiger partial charge in [0.05, 0.1) is 12.2 Å². The van der Waals surface area contributed by atoms with Crippen LogP contribution in [0.3, 0.4) is 0 Å². The minimum atomic E-state index is -0.380. The molecule has 0 aliphatic carbocycles. The molecule has 3 aromatic carbocycles. The summed E-state index contributed by atoms with van der Waals surface area (Å²) < 4.78 is 20.0. The number of piperazine rings is 1. The molecule has 0 spiro atoms. The number of rotatable bonds is 9. The number of amides is 1. The molecule has 0 radical (unpaired) electrons. The van der Waals surface area contributed by atoms with Crippen molar-refractivity contribution in [3.63, 3.8) is 0 Å². The third-order valence-electron chi connectivity index (χ3n) is 7.85. The summed E-state index contributed by atoms with van der Waals surface area (Å²) in [5.74, 6) is -0.0684. The van der Waals surface area contributed by atoms with Crippen molar-refractivity contribution in [2.75, 3.05) is 37.6 Å². The maximum atomic E-state index is 14.0. The molecule has 1 aromatic heterocycles. The largest absolute Gasteiger partial charge is 0.436 e. The molecule has 42 heavy (non-hydrogen) atoms. The zero-order chi connectivity index (χ0) is 28.9. The number of hydrogen-bond donors (Lipinski definition) is 0. The number of hydrogen-bond acceptors (Lipinski definition) is 6. The van der Waals surface area contributed by atoms with Gasteiger partial charge in [-0.3, -0.25) is 14.5 Å². The molecule has 0 bridgehead atoms. The first-order valence-electron chi connectivity index (χ1n) is 14.4. The van der Waals surface area contributed by atoms with Gasteiger partial charge in [-0.1, -0.05) is 42.5 Å². The monoisotopic (exact) mass is 564 g/mol. The van der Waals surface area contributed by atoms with Gasteiger partial charge in [-0.25, -0.2) is 9.37 Å². The van der Waals surface area contributed by atoms with Gasteiger partial charge in [0, 0.05) is 50.9 Å². The van der Waals surface area contributed by atoms with Crippen molar-refractivity contribution in [1.82, 2.24) is 14.8 Å². The molecule has 2 aliphatic heterocycles. The highest BCUT2D eigenvalue weighted by Gasteiger charge is 2.30. The van der Waals surface area contributed by atoms with Crippen molar-refractivity contribution in [2.45, 2.75) is 25.9 Å². The Morgan fingerprint density at radius 1 is 0.833 bits per heavy atom. The second-order valence-electron chi connectivity index (χ2n) is 10.8. The van der Waals surface area contributed by atoms with Crippen LogP contribution in [0.2, 0.25) is 0 Å². The van der Waals surface area contributed by atoms with Crippen molar-refractivity contribution in [3.8, 4) is 11.6 Å². The van der Waals surface area contributed by atoms with E-state index in [1.54, 1.807) is 48.7 Å². The Balaban J connectivity index is 1.11. The van der Waals surface area contributed by atoms with E-state index in [9.17, 15) is 14.0 Å². The standard InChI is InChI=1S/C34H33FN4O3/c35-28-10-4-9-26(21-28)24-39-30-22-27(13-14-32(30)42-33-29(34(39)41)11-5-15-36-33)31(40)12-6-16-37-17-19-38(20-18-37)23-25-7-2-1-3-8-25/h1-5,7-11,13-15,21-22H,6,12,16-20,23-24H2. The van der Waals surface area contributed by atoms with Crippen molar-refractivity contribution in [1.29, 1.82) is 0 Å². The van der Waals surface area contributed by atoms with E-state index in [0.29, 0.717) is 34.5 Å². The van der Waals surface area contributed by atoms with Crippen molar-refractivity contribution >= 4 is 17.4 Å². The molecule has 0 unspecified atom stereocenters. The minimum absolute atomic E-state index is 0.0126. The van der Waals surface area contributed by atoms with Crippen LogP contribution in [-0.2, 0) is 13.1 Å². The Labute approximate surface area is 245 Å². The van der Waals surface area contributed by atoms with Gasteiger partial charge < -0.3 is 14.5 Å². The van der Waals surface area contributed by atoms with Crippen molar-refractivity contribution in [3.05, 3.63) is 119 Å².